The average Bonchev–Trinajstić information content (AvgIpc) is 2.88. The molecule has 1 N–H and O–H groups in total. The molecule has 0 saturated carbocycles. The fourth-order valence-corrected chi connectivity index (χ4v) is 3.34. The van der Waals surface area contributed by atoms with Gasteiger partial charge in [-0.2, -0.15) is 5.10 Å². The summed E-state index contributed by atoms with van der Waals surface area (Å²) < 4.78 is 16.3. The lowest BCUT2D eigenvalue weighted by Gasteiger charge is -2.10. The van der Waals surface area contributed by atoms with Crippen LogP contribution in [0.1, 0.15) is 15.9 Å². The van der Waals surface area contributed by atoms with Crippen LogP contribution in [0, 0.1) is 0 Å². The summed E-state index contributed by atoms with van der Waals surface area (Å²) in [5.74, 6) is 0.228. The van der Waals surface area contributed by atoms with E-state index in [4.69, 9.17) is 25.8 Å². The van der Waals surface area contributed by atoms with E-state index >= 15 is 0 Å². The van der Waals surface area contributed by atoms with Crippen molar-refractivity contribution < 1.29 is 23.8 Å². The van der Waals surface area contributed by atoms with Crippen molar-refractivity contribution in [1.82, 2.24) is 5.43 Å². The highest BCUT2D eigenvalue weighted by Gasteiger charge is 2.13. The fourth-order valence-electron chi connectivity index (χ4n) is 3.21. The molecule has 0 heterocycles. The number of fused-ring (bicyclic) bond motifs is 1. The normalized spacial score (nSPS) is 10.8. The quantitative estimate of drug-likeness (QED) is 0.158. The monoisotopic (exact) mass is 488 g/mol. The van der Waals surface area contributed by atoms with Gasteiger partial charge >= 0.3 is 5.97 Å². The van der Waals surface area contributed by atoms with Crippen LogP contribution in [0.4, 0.5) is 0 Å². The van der Waals surface area contributed by atoms with Crippen molar-refractivity contribution in [3.63, 3.8) is 0 Å². The first-order valence-electron chi connectivity index (χ1n) is 10.6. The summed E-state index contributed by atoms with van der Waals surface area (Å²) in [6.07, 6.45) is 1.45. The maximum absolute atomic E-state index is 12.3. The van der Waals surface area contributed by atoms with Crippen molar-refractivity contribution in [3.05, 3.63) is 101 Å². The molecule has 0 radical (unpaired) electrons. The van der Waals surface area contributed by atoms with E-state index in [-0.39, 0.29) is 12.4 Å². The van der Waals surface area contributed by atoms with Crippen LogP contribution in [0.5, 0.6) is 17.2 Å². The Kier molecular flexibility index (Phi) is 7.60. The van der Waals surface area contributed by atoms with Crippen molar-refractivity contribution in [2.75, 3.05) is 13.7 Å². The number of nitrogens with one attached hydrogen (secondary N) is 1. The number of carbonyl (C=O) groups is 2. The zero-order valence-corrected chi connectivity index (χ0v) is 19.5. The van der Waals surface area contributed by atoms with Crippen LogP contribution in [0.2, 0.25) is 5.02 Å². The number of esters is 1. The van der Waals surface area contributed by atoms with E-state index in [1.165, 1.54) is 13.3 Å². The average molecular weight is 489 g/mol. The largest absolute Gasteiger partial charge is 0.493 e. The first kappa shape index (κ1) is 23.8. The number of halogens is 1. The second-order valence-corrected chi connectivity index (χ2v) is 7.83. The van der Waals surface area contributed by atoms with E-state index in [1.807, 2.05) is 42.5 Å². The van der Waals surface area contributed by atoms with Crippen LogP contribution >= 0.6 is 11.6 Å². The van der Waals surface area contributed by atoms with Crippen LogP contribution in [0.25, 0.3) is 10.8 Å². The van der Waals surface area contributed by atoms with E-state index < -0.39 is 11.9 Å². The molecule has 0 bridgehead atoms. The Morgan fingerprint density at radius 2 is 1.69 bits per heavy atom. The summed E-state index contributed by atoms with van der Waals surface area (Å²) in [6.45, 7) is -0.182. The van der Waals surface area contributed by atoms with Crippen molar-refractivity contribution in [1.29, 1.82) is 0 Å². The van der Waals surface area contributed by atoms with E-state index in [1.54, 1.807) is 42.5 Å². The Labute approximate surface area is 206 Å². The predicted molar refractivity (Wildman–Crippen MR) is 135 cm³/mol. The lowest BCUT2D eigenvalue weighted by Crippen LogP contribution is -2.24. The second-order valence-electron chi connectivity index (χ2n) is 7.40. The summed E-state index contributed by atoms with van der Waals surface area (Å²) in [7, 11) is 1.46. The number of rotatable bonds is 8. The summed E-state index contributed by atoms with van der Waals surface area (Å²) in [5, 5.41) is 6.59. The number of nitrogens with zero attached hydrogens (tertiary/aromatic N) is 1. The molecule has 0 atom stereocenters. The molecule has 4 aromatic rings. The molecule has 7 nitrogen and oxygen atoms in total. The fraction of sp³-hybridized carbons (Fsp3) is 0.0741. The van der Waals surface area contributed by atoms with Gasteiger partial charge in [0.15, 0.2) is 18.1 Å². The number of hydrogen-bond donors (Lipinski definition) is 1. The van der Waals surface area contributed by atoms with Gasteiger partial charge in [0.05, 0.1) is 18.9 Å². The van der Waals surface area contributed by atoms with Gasteiger partial charge in [-0.1, -0.05) is 41.9 Å². The number of methoxy groups -OCH3 is 1. The van der Waals surface area contributed by atoms with Gasteiger partial charge in [0.2, 0.25) is 0 Å². The molecule has 0 aliphatic heterocycles. The van der Waals surface area contributed by atoms with Gasteiger partial charge in [0, 0.05) is 5.02 Å². The molecule has 4 aromatic carbocycles. The number of carbonyl (C=O) groups excluding carboxylic acids is 2. The maximum atomic E-state index is 12.3. The molecule has 176 valence electrons. The Hall–Kier alpha value is -4.36. The molecule has 35 heavy (non-hydrogen) atoms. The first-order valence-corrected chi connectivity index (χ1v) is 11.0. The molecule has 0 aromatic heterocycles. The van der Waals surface area contributed by atoms with Gasteiger partial charge < -0.3 is 14.2 Å². The molecule has 0 spiro atoms. The summed E-state index contributed by atoms with van der Waals surface area (Å²) in [5.41, 5.74) is 3.40. The van der Waals surface area contributed by atoms with E-state index in [2.05, 4.69) is 10.5 Å². The third-order valence-corrected chi connectivity index (χ3v) is 5.22. The summed E-state index contributed by atoms with van der Waals surface area (Å²) in [4.78, 5) is 24.4. The van der Waals surface area contributed by atoms with Gasteiger partial charge in [-0.25, -0.2) is 10.2 Å². The molecule has 0 aliphatic carbocycles. The number of ether oxygens (including phenoxy) is 3. The Morgan fingerprint density at radius 3 is 2.46 bits per heavy atom. The van der Waals surface area contributed by atoms with Gasteiger partial charge in [-0.3, -0.25) is 4.79 Å². The minimum atomic E-state index is -0.542. The smallest absolute Gasteiger partial charge is 0.343 e. The highest BCUT2D eigenvalue weighted by Crippen LogP contribution is 2.28. The predicted octanol–water partition coefficient (Wildman–Crippen LogP) is 5.25. The van der Waals surface area contributed by atoms with Crippen LogP contribution in [0.15, 0.2) is 90.0 Å². The molecule has 0 saturated heterocycles. The lowest BCUT2D eigenvalue weighted by molar-refractivity contribution is -0.123. The van der Waals surface area contributed by atoms with E-state index in [9.17, 15) is 9.59 Å². The third-order valence-electron chi connectivity index (χ3n) is 4.96. The standard InChI is InChI=1S/C27H21ClN2O5/c1-33-25-14-18(6-13-24(25)35-27(32)20-7-10-22(28)11-8-20)16-29-30-26(31)17-34-23-12-9-19-4-2-3-5-21(19)15-23/h2-16H,17H2,1H3,(H,30,31)/b29-16+. The van der Waals surface area contributed by atoms with Gasteiger partial charge in [0.25, 0.3) is 5.91 Å². The zero-order chi connectivity index (χ0) is 24.6. The van der Waals surface area contributed by atoms with Gasteiger partial charge in [-0.05, 0) is 70.9 Å². The molecule has 8 heteroatoms. The zero-order valence-electron chi connectivity index (χ0n) is 18.7. The van der Waals surface area contributed by atoms with Crippen molar-refractivity contribution >= 4 is 40.5 Å². The van der Waals surface area contributed by atoms with Crippen LogP contribution in [-0.2, 0) is 4.79 Å². The minimum Gasteiger partial charge on any atom is -0.493 e. The third kappa shape index (κ3) is 6.37. The topological polar surface area (TPSA) is 86.2 Å². The molecule has 4 rings (SSSR count). The molecule has 1 amide bonds. The minimum absolute atomic E-state index is 0.182. The Bertz CT molecular complexity index is 1390. The molecule has 0 aliphatic rings. The lowest BCUT2D eigenvalue weighted by atomic mass is 10.1. The first-order chi connectivity index (χ1) is 17.0. The van der Waals surface area contributed by atoms with Crippen LogP contribution < -0.4 is 19.6 Å². The SMILES string of the molecule is COc1cc(/C=N/NC(=O)COc2ccc3ccccc3c2)ccc1OC(=O)c1ccc(Cl)cc1. The maximum Gasteiger partial charge on any atom is 0.343 e. The second kappa shape index (κ2) is 11.2. The van der Waals surface area contributed by atoms with Gasteiger partial charge in [0.1, 0.15) is 5.75 Å². The van der Waals surface area contributed by atoms with Crippen LogP contribution in [0.3, 0.4) is 0 Å². The molecule has 0 fully saturated rings. The molecular formula is C27H21ClN2O5. The molecular weight excluding hydrogens is 468 g/mol. The van der Waals surface area contributed by atoms with Gasteiger partial charge in [-0.15, -0.1) is 0 Å². The van der Waals surface area contributed by atoms with E-state index in [0.29, 0.717) is 27.6 Å². The highest BCUT2D eigenvalue weighted by atomic mass is 35.5. The Morgan fingerprint density at radius 1 is 0.914 bits per heavy atom. The number of hydrazone groups is 1. The van der Waals surface area contributed by atoms with Crippen molar-refractivity contribution in [3.8, 4) is 17.2 Å². The Balaban J connectivity index is 1.32. The van der Waals surface area contributed by atoms with Crippen LogP contribution in [-0.4, -0.2) is 31.8 Å². The number of amides is 1. The summed E-state index contributed by atoms with van der Waals surface area (Å²) >= 11 is 5.85. The summed E-state index contributed by atoms with van der Waals surface area (Å²) in [6, 6.07) is 24.8. The number of benzene rings is 4. The molecule has 0 unspecified atom stereocenters. The van der Waals surface area contributed by atoms with E-state index in [0.717, 1.165) is 10.8 Å². The van der Waals surface area contributed by atoms with Crippen molar-refractivity contribution in [2.45, 2.75) is 0 Å². The highest BCUT2D eigenvalue weighted by molar-refractivity contribution is 6.30. The van der Waals surface area contributed by atoms with Crippen molar-refractivity contribution in [2.24, 2.45) is 5.10 Å². The number of hydrogen-bond acceptors (Lipinski definition) is 6.